The summed E-state index contributed by atoms with van der Waals surface area (Å²) in [5, 5.41) is 0. The molecule has 0 unspecified atom stereocenters. The van der Waals surface area contributed by atoms with Gasteiger partial charge < -0.3 is 14.4 Å². The Balaban J connectivity index is 2.09. The van der Waals surface area contributed by atoms with Crippen LogP contribution in [0.2, 0.25) is 0 Å². The van der Waals surface area contributed by atoms with Gasteiger partial charge in [0.1, 0.15) is 5.78 Å². The lowest BCUT2D eigenvalue weighted by molar-refractivity contribution is -0.124. The second-order valence-corrected chi connectivity index (χ2v) is 6.70. The van der Waals surface area contributed by atoms with E-state index >= 15 is 0 Å². The van der Waals surface area contributed by atoms with Gasteiger partial charge in [0.2, 0.25) is 0 Å². The summed E-state index contributed by atoms with van der Waals surface area (Å²) < 4.78 is 10.9. The molecule has 1 heterocycles. The summed E-state index contributed by atoms with van der Waals surface area (Å²) in [5.74, 6) is 2.26. The summed E-state index contributed by atoms with van der Waals surface area (Å²) in [6, 6.07) is 6.54. The maximum absolute atomic E-state index is 12.1. The third-order valence-electron chi connectivity index (χ3n) is 5.76. The van der Waals surface area contributed by atoms with Crippen LogP contribution in [0, 0.1) is 5.92 Å². The molecule has 0 spiro atoms. The van der Waals surface area contributed by atoms with Crippen LogP contribution in [0.3, 0.4) is 0 Å². The molecule has 0 N–H and O–H groups in total. The fourth-order valence-electron chi connectivity index (χ4n) is 4.56. The molecule has 1 aromatic rings. The van der Waals surface area contributed by atoms with E-state index in [-0.39, 0.29) is 5.41 Å². The van der Waals surface area contributed by atoms with E-state index in [1.807, 2.05) is 6.07 Å². The van der Waals surface area contributed by atoms with Gasteiger partial charge in [0.15, 0.2) is 11.5 Å². The lowest BCUT2D eigenvalue weighted by Crippen LogP contribution is -2.50. The molecule has 3 rings (SSSR count). The maximum atomic E-state index is 12.1. The number of ether oxygens (including phenoxy) is 2. The number of rotatable bonds is 3. The van der Waals surface area contributed by atoms with Crippen LogP contribution in [-0.4, -0.2) is 44.5 Å². The topological polar surface area (TPSA) is 38.8 Å². The number of carbonyl (C=O) groups excluding carboxylic acids is 1. The number of likely N-dealkylation sites (N-methyl/N-ethyl adjacent to an activating group) is 1. The number of carbonyl (C=O) groups is 1. The van der Waals surface area contributed by atoms with Crippen molar-refractivity contribution in [2.45, 2.75) is 37.6 Å². The Morgan fingerprint density at radius 1 is 1.18 bits per heavy atom. The van der Waals surface area contributed by atoms with Crippen LogP contribution in [0.25, 0.3) is 0 Å². The minimum atomic E-state index is 0.0439. The first-order chi connectivity index (χ1) is 10.5. The molecule has 1 aromatic carbocycles. The zero-order chi connectivity index (χ0) is 15.9. The number of methoxy groups -OCH3 is 2. The molecular formula is C18H25NO3. The number of hydrogen-bond acceptors (Lipinski definition) is 4. The molecule has 0 radical (unpaired) electrons. The molecular weight excluding hydrogens is 278 g/mol. The average Bonchev–Trinajstić information content (AvgIpc) is 2.85. The van der Waals surface area contributed by atoms with Crippen molar-refractivity contribution in [1.29, 1.82) is 0 Å². The van der Waals surface area contributed by atoms with E-state index in [0.29, 0.717) is 30.6 Å². The molecule has 22 heavy (non-hydrogen) atoms. The molecule has 0 bridgehead atoms. The van der Waals surface area contributed by atoms with Crippen LogP contribution in [0.1, 0.15) is 31.7 Å². The summed E-state index contributed by atoms with van der Waals surface area (Å²) in [5.41, 5.74) is 1.32. The smallest absolute Gasteiger partial charge is 0.161 e. The Morgan fingerprint density at radius 2 is 1.91 bits per heavy atom. The summed E-state index contributed by atoms with van der Waals surface area (Å²) in [6.07, 6.45) is 2.44. The molecule has 2 fully saturated rings. The number of likely N-dealkylation sites (tertiary alicyclic amines) is 1. The van der Waals surface area contributed by atoms with Crippen molar-refractivity contribution in [3.63, 3.8) is 0 Å². The minimum absolute atomic E-state index is 0.0439. The molecule has 4 heteroatoms. The van der Waals surface area contributed by atoms with E-state index in [0.717, 1.165) is 24.5 Å². The summed E-state index contributed by atoms with van der Waals surface area (Å²) in [7, 11) is 5.47. The van der Waals surface area contributed by atoms with E-state index in [1.54, 1.807) is 14.2 Å². The van der Waals surface area contributed by atoms with Gasteiger partial charge >= 0.3 is 0 Å². The van der Waals surface area contributed by atoms with Crippen molar-refractivity contribution in [3.8, 4) is 11.5 Å². The Labute approximate surface area is 132 Å². The van der Waals surface area contributed by atoms with Gasteiger partial charge in [-0.3, -0.25) is 4.79 Å². The van der Waals surface area contributed by atoms with Crippen molar-refractivity contribution in [3.05, 3.63) is 23.8 Å². The summed E-state index contributed by atoms with van der Waals surface area (Å²) >= 11 is 0. The van der Waals surface area contributed by atoms with Gasteiger partial charge in [-0.25, -0.2) is 0 Å². The van der Waals surface area contributed by atoms with Crippen LogP contribution in [0.15, 0.2) is 18.2 Å². The standard InChI is InChI=1S/C18H25NO3/c1-12-9-14(20)11-17-18(12,7-8-19(17)2)13-5-6-15(21-3)16(10-13)22-4/h5-6,10,12,17H,7-9,11H2,1-4H3/t12-,17+,18-/m1/s1. The highest BCUT2D eigenvalue weighted by atomic mass is 16.5. The lowest BCUT2D eigenvalue weighted by atomic mass is 9.60. The van der Waals surface area contributed by atoms with Crippen LogP contribution < -0.4 is 9.47 Å². The van der Waals surface area contributed by atoms with Crippen molar-refractivity contribution in [1.82, 2.24) is 4.90 Å². The van der Waals surface area contributed by atoms with Gasteiger partial charge in [0, 0.05) is 24.3 Å². The number of hydrogen-bond donors (Lipinski definition) is 0. The Bertz CT molecular complexity index is 586. The predicted molar refractivity (Wildman–Crippen MR) is 85.7 cm³/mol. The molecule has 4 nitrogen and oxygen atoms in total. The van der Waals surface area contributed by atoms with Gasteiger partial charge in [0.05, 0.1) is 14.2 Å². The molecule has 3 atom stereocenters. The first kappa shape index (κ1) is 15.3. The Hall–Kier alpha value is -1.55. The normalized spacial score (nSPS) is 31.9. The summed E-state index contributed by atoms with van der Waals surface area (Å²) in [4.78, 5) is 14.4. The van der Waals surface area contributed by atoms with Crippen molar-refractivity contribution in [2.24, 2.45) is 5.92 Å². The SMILES string of the molecule is COc1ccc([C@]23CCN(C)[C@H]2CC(=O)C[C@H]3C)cc1OC. The average molecular weight is 303 g/mol. The molecule has 0 aromatic heterocycles. The number of Topliss-reactive ketones (excluding diaryl/α,β-unsaturated/α-hetero) is 1. The Morgan fingerprint density at radius 3 is 2.59 bits per heavy atom. The zero-order valence-electron chi connectivity index (χ0n) is 13.9. The van der Waals surface area contributed by atoms with Gasteiger partial charge in [-0.15, -0.1) is 0 Å². The van der Waals surface area contributed by atoms with Crippen LogP contribution in [0.4, 0.5) is 0 Å². The molecule has 0 amide bonds. The Kier molecular flexibility index (Phi) is 3.89. The monoisotopic (exact) mass is 303 g/mol. The fourth-order valence-corrected chi connectivity index (χ4v) is 4.56. The van der Waals surface area contributed by atoms with E-state index in [2.05, 4.69) is 31.0 Å². The van der Waals surface area contributed by atoms with Crippen LogP contribution >= 0.6 is 0 Å². The predicted octanol–water partition coefficient (Wildman–Crippen LogP) is 2.64. The first-order valence-corrected chi connectivity index (χ1v) is 7.97. The van der Waals surface area contributed by atoms with Crippen molar-refractivity contribution < 1.29 is 14.3 Å². The van der Waals surface area contributed by atoms with E-state index < -0.39 is 0 Å². The second kappa shape index (κ2) is 5.58. The number of benzene rings is 1. The van der Waals surface area contributed by atoms with Crippen LogP contribution in [0.5, 0.6) is 11.5 Å². The molecule has 120 valence electrons. The number of ketones is 1. The van der Waals surface area contributed by atoms with E-state index in [4.69, 9.17) is 9.47 Å². The van der Waals surface area contributed by atoms with E-state index in [9.17, 15) is 4.79 Å². The quantitative estimate of drug-likeness (QED) is 0.860. The molecule has 1 saturated carbocycles. The second-order valence-electron chi connectivity index (χ2n) is 6.70. The highest BCUT2D eigenvalue weighted by molar-refractivity contribution is 5.81. The largest absolute Gasteiger partial charge is 0.493 e. The molecule has 1 aliphatic carbocycles. The lowest BCUT2D eigenvalue weighted by Gasteiger charge is -2.46. The van der Waals surface area contributed by atoms with Crippen LogP contribution in [-0.2, 0) is 10.2 Å². The molecule has 2 aliphatic rings. The third-order valence-corrected chi connectivity index (χ3v) is 5.76. The number of nitrogens with zero attached hydrogens (tertiary/aromatic N) is 1. The summed E-state index contributed by atoms with van der Waals surface area (Å²) in [6.45, 7) is 3.26. The highest BCUT2D eigenvalue weighted by Crippen LogP contribution is 2.51. The number of fused-ring (bicyclic) bond motifs is 1. The van der Waals surface area contributed by atoms with Crippen molar-refractivity contribution in [2.75, 3.05) is 27.8 Å². The zero-order valence-corrected chi connectivity index (χ0v) is 13.9. The minimum Gasteiger partial charge on any atom is -0.493 e. The third kappa shape index (κ3) is 2.12. The van der Waals surface area contributed by atoms with Gasteiger partial charge in [-0.05, 0) is 43.6 Å². The van der Waals surface area contributed by atoms with Crippen molar-refractivity contribution >= 4 is 5.78 Å². The highest BCUT2D eigenvalue weighted by Gasteiger charge is 2.54. The van der Waals surface area contributed by atoms with Gasteiger partial charge in [-0.2, -0.15) is 0 Å². The maximum Gasteiger partial charge on any atom is 0.161 e. The first-order valence-electron chi connectivity index (χ1n) is 7.97. The molecule has 1 saturated heterocycles. The fraction of sp³-hybridized carbons (Fsp3) is 0.611. The van der Waals surface area contributed by atoms with Gasteiger partial charge in [-0.1, -0.05) is 13.0 Å². The van der Waals surface area contributed by atoms with E-state index in [1.165, 1.54) is 5.56 Å². The molecule has 1 aliphatic heterocycles. The van der Waals surface area contributed by atoms with Gasteiger partial charge in [0.25, 0.3) is 0 Å².